The zero-order valence-corrected chi connectivity index (χ0v) is 10.6. The molecule has 0 aliphatic rings. The minimum Gasteiger partial charge on any atom is -0.465 e. The smallest absolute Gasteiger partial charge is 0.196 e. The van der Waals surface area contributed by atoms with Gasteiger partial charge >= 0.3 is 0 Å². The molecule has 3 nitrogen and oxygen atoms in total. The van der Waals surface area contributed by atoms with Gasteiger partial charge in [0.05, 0.1) is 0 Å². The van der Waals surface area contributed by atoms with E-state index in [0.717, 1.165) is 12.3 Å². The van der Waals surface area contributed by atoms with Crippen LogP contribution in [0.5, 0.6) is 5.75 Å². The first-order valence-corrected chi connectivity index (χ1v) is 5.63. The standard InChI is InChI=1S/C13H21NO2/c1-5-15-11(2)16-13-8-6-12(7-9-13)10-14(3)4/h6-9,11H,5,10H2,1-4H3. The van der Waals surface area contributed by atoms with Gasteiger partial charge in [0, 0.05) is 13.2 Å². The summed E-state index contributed by atoms with van der Waals surface area (Å²) in [5, 5.41) is 0. The van der Waals surface area contributed by atoms with Crippen molar-refractivity contribution in [2.24, 2.45) is 0 Å². The Balaban J connectivity index is 2.50. The van der Waals surface area contributed by atoms with E-state index >= 15 is 0 Å². The van der Waals surface area contributed by atoms with Crippen LogP contribution in [0.2, 0.25) is 0 Å². The Kier molecular flexibility index (Phi) is 5.29. The Labute approximate surface area is 98.0 Å². The fraction of sp³-hybridized carbons (Fsp3) is 0.538. The Morgan fingerprint density at radius 1 is 1.19 bits per heavy atom. The quantitative estimate of drug-likeness (QED) is 0.692. The molecule has 0 saturated carbocycles. The van der Waals surface area contributed by atoms with E-state index in [1.165, 1.54) is 5.56 Å². The Hall–Kier alpha value is -1.06. The zero-order valence-electron chi connectivity index (χ0n) is 10.6. The lowest BCUT2D eigenvalue weighted by Crippen LogP contribution is -2.16. The fourth-order valence-corrected chi connectivity index (χ4v) is 1.50. The lowest BCUT2D eigenvalue weighted by molar-refractivity contribution is -0.0613. The summed E-state index contributed by atoms with van der Waals surface area (Å²) in [6, 6.07) is 8.12. The molecule has 0 amide bonds. The molecule has 0 N–H and O–H groups in total. The van der Waals surface area contributed by atoms with Crippen LogP contribution in [0.4, 0.5) is 0 Å². The highest BCUT2D eigenvalue weighted by Crippen LogP contribution is 2.14. The molecule has 0 aromatic heterocycles. The summed E-state index contributed by atoms with van der Waals surface area (Å²) in [4.78, 5) is 2.14. The van der Waals surface area contributed by atoms with E-state index in [1.807, 2.05) is 26.0 Å². The van der Waals surface area contributed by atoms with Gasteiger partial charge in [0.2, 0.25) is 0 Å². The predicted molar refractivity (Wildman–Crippen MR) is 65.5 cm³/mol. The zero-order chi connectivity index (χ0) is 12.0. The summed E-state index contributed by atoms with van der Waals surface area (Å²) in [7, 11) is 4.11. The molecule has 0 bridgehead atoms. The molecule has 1 aromatic rings. The maximum atomic E-state index is 5.58. The Morgan fingerprint density at radius 3 is 2.31 bits per heavy atom. The van der Waals surface area contributed by atoms with Gasteiger partial charge in [-0.2, -0.15) is 0 Å². The summed E-state index contributed by atoms with van der Waals surface area (Å²) < 4.78 is 10.9. The third-order valence-electron chi connectivity index (χ3n) is 2.13. The highest BCUT2D eigenvalue weighted by molar-refractivity contribution is 5.27. The van der Waals surface area contributed by atoms with E-state index < -0.39 is 0 Å². The summed E-state index contributed by atoms with van der Waals surface area (Å²) >= 11 is 0. The first-order chi connectivity index (χ1) is 7.61. The van der Waals surface area contributed by atoms with Gasteiger partial charge in [-0.25, -0.2) is 0 Å². The average molecular weight is 223 g/mol. The largest absolute Gasteiger partial charge is 0.465 e. The van der Waals surface area contributed by atoms with Gasteiger partial charge in [0.15, 0.2) is 6.29 Å². The van der Waals surface area contributed by atoms with Gasteiger partial charge < -0.3 is 14.4 Å². The van der Waals surface area contributed by atoms with Gasteiger partial charge in [0.25, 0.3) is 0 Å². The van der Waals surface area contributed by atoms with Crippen molar-refractivity contribution < 1.29 is 9.47 Å². The van der Waals surface area contributed by atoms with Crippen LogP contribution in [0.1, 0.15) is 19.4 Å². The molecule has 0 spiro atoms. The lowest BCUT2D eigenvalue weighted by Gasteiger charge is -2.15. The normalized spacial score (nSPS) is 12.8. The van der Waals surface area contributed by atoms with Crippen molar-refractivity contribution in [2.75, 3.05) is 20.7 Å². The fourth-order valence-electron chi connectivity index (χ4n) is 1.50. The van der Waals surface area contributed by atoms with Crippen molar-refractivity contribution in [2.45, 2.75) is 26.7 Å². The van der Waals surface area contributed by atoms with E-state index in [2.05, 4.69) is 31.1 Å². The molecular formula is C13H21NO2. The maximum Gasteiger partial charge on any atom is 0.196 e. The van der Waals surface area contributed by atoms with Crippen LogP contribution in [0.3, 0.4) is 0 Å². The molecule has 1 aromatic carbocycles. The molecule has 0 fully saturated rings. The molecule has 1 atom stereocenters. The second-order valence-electron chi connectivity index (χ2n) is 4.02. The lowest BCUT2D eigenvalue weighted by atomic mass is 10.2. The number of ether oxygens (including phenoxy) is 2. The second kappa shape index (κ2) is 6.51. The topological polar surface area (TPSA) is 21.7 Å². The van der Waals surface area contributed by atoms with E-state index in [1.54, 1.807) is 0 Å². The van der Waals surface area contributed by atoms with Crippen LogP contribution < -0.4 is 4.74 Å². The van der Waals surface area contributed by atoms with Crippen molar-refractivity contribution in [1.82, 2.24) is 4.90 Å². The van der Waals surface area contributed by atoms with Crippen molar-refractivity contribution in [3.8, 4) is 5.75 Å². The number of hydrogen-bond donors (Lipinski definition) is 0. The molecule has 1 unspecified atom stereocenters. The number of hydrogen-bond acceptors (Lipinski definition) is 3. The van der Waals surface area contributed by atoms with Gasteiger partial charge in [-0.1, -0.05) is 12.1 Å². The molecule has 90 valence electrons. The molecule has 0 radical (unpaired) electrons. The van der Waals surface area contributed by atoms with Crippen molar-refractivity contribution >= 4 is 0 Å². The number of rotatable bonds is 6. The predicted octanol–water partition coefficient (Wildman–Crippen LogP) is 2.51. The van der Waals surface area contributed by atoms with Crippen molar-refractivity contribution in [3.05, 3.63) is 29.8 Å². The van der Waals surface area contributed by atoms with Gasteiger partial charge in [-0.05, 0) is 45.6 Å². The molecule has 0 saturated heterocycles. The third-order valence-corrected chi connectivity index (χ3v) is 2.13. The minimum atomic E-state index is -0.190. The highest BCUT2D eigenvalue weighted by atomic mass is 16.7. The monoisotopic (exact) mass is 223 g/mol. The molecule has 1 rings (SSSR count). The highest BCUT2D eigenvalue weighted by Gasteiger charge is 2.02. The maximum absolute atomic E-state index is 5.58. The van der Waals surface area contributed by atoms with Gasteiger partial charge in [-0.3, -0.25) is 0 Å². The summed E-state index contributed by atoms with van der Waals surface area (Å²) in [6.45, 7) is 5.47. The van der Waals surface area contributed by atoms with Crippen LogP contribution in [0.15, 0.2) is 24.3 Å². The average Bonchev–Trinajstić information content (AvgIpc) is 2.20. The minimum absolute atomic E-state index is 0.190. The van der Waals surface area contributed by atoms with E-state index in [0.29, 0.717) is 6.61 Å². The molecule has 0 aliphatic heterocycles. The SMILES string of the molecule is CCOC(C)Oc1ccc(CN(C)C)cc1. The van der Waals surface area contributed by atoms with Crippen molar-refractivity contribution in [1.29, 1.82) is 0 Å². The summed E-state index contributed by atoms with van der Waals surface area (Å²) in [6.07, 6.45) is -0.190. The molecular weight excluding hydrogens is 202 g/mol. The van der Waals surface area contributed by atoms with E-state index in [9.17, 15) is 0 Å². The van der Waals surface area contributed by atoms with Crippen LogP contribution in [-0.2, 0) is 11.3 Å². The number of nitrogens with zero attached hydrogens (tertiary/aromatic N) is 1. The third kappa shape index (κ3) is 4.64. The molecule has 3 heteroatoms. The van der Waals surface area contributed by atoms with Gasteiger partial charge in [0.1, 0.15) is 5.75 Å². The van der Waals surface area contributed by atoms with Crippen LogP contribution in [0.25, 0.3) is 0 Å². The molecule has 16 heavy (non-hydrogen) atoms. The summed E-state index contributed by atoms with van der Waals surface area (Å²) in [5.41, 5.74) is 1.28. The van der Waals surface area contributed by atoms with E-state index in [4.69, 9.17) is 9.47 Å². The number of benzene rings is 1. The first-order valence-electron chi connectivity index (χ1n) is 5.63. The van der Waals surface area contributed by atoms with E-state index in [-0.39, 0.29) is 6.29 Å². The van der Waals surface area contributed by atoms with Gasteiger partial charge in [-0.15, -0.1) is 0 Å². The van der Waals surface area contributed by atoms with Crippen LogP contribution >= 0.6 is 0 Å². The Bertz CT molecular complexity index is 295. The summed E-state index contributed by atoms with van der Waals surface area (Å²) in [5.74, 6) is 0.850. The molecule has 0 aliphatic carbocycles. The van der Waals surface area contributed by atoms with Crippen LogP contribution in [-0.4, -0.2) is 31.9 Å². The molecule has 0 heterocycles. The van der Waals surface area contributed by atoms with Crippen LogP contribution in [0, 0.1) is 0 Å². The Morgan fingerprint density at radius 2 is 1.81 bits per heavy atom. The first kappa shape index (κ1) is 13.0. The second-order valence-corrected chi connectivity index (χ2v) is 4.02. The van der Waals surface area contributed by atoms with Crippen molar-refractivity contribution in [3.63, 3.8) is 0 Å².